The van der Waals surface area contributed by atoms with Gasteiger partial charge >= 0.3 is 6.03 Å². The highest BCUT2D eigenvalue weighted by Crippen LogP contribution is 2.28. The van der Waals surface area contributed by atoms with E-state index in [9.17, 15) is 9.59 Å². The van der Waals surface area contributed by atoms with Gasteiger partial charge in [0.15, 0.2) is 5.76 Å². The molecule has 1 atom stereocenters. The molecule has 0 aliphatic carbocycles. The second kappa shape index (κ2) is 8.21. The Bertz CT molecular complexity index is 716. The first kappa shape index (κ1) is 18.4. The molecule has 0 bridgehead atoms. The van der Waals surface area contributed by atoms with Gasteiger partial charge in [-0.15, -0.1) is 0 Å². The molecule has 0 saturated carbocycles. The number of aromatic nitrogens is 1. The molecule has 1 aromatic heterocycles. The first-order chi connectivity index (χ1) is 11.3. The lowest BCUT2D eigenvalue weighted by Gasteiger charge is -2.11. The molecule has 1 heterocycles. The Kier molecular flexibility index (Phi) is 6.28. The van der Waals surface area contributed by atoms with Crippen LogP contribution in [0.3, 0.4) is 0 Å². The van der Waals surface area contributed by atoms with E-state index in [2.05, 4.69) is 15.6 Å². The number of imide groups is 1. The number of nitrogens with one attached hydrogen (secondary N) is 2. The van der Waals surface area contributed by atoms with E-state index in [1.165, 1.54) is 0 Å². The average Bonchev–Trinajstić information content (AvgIpc) is 2.95. The molecule has 2 N–H and O–H groups in total. The predicted molar refractivity (Wildman–Crippen MR) is 94.1 cm³/mol. The third-order valence-electron chi connectivity index (χ3n) is 2.92. The number of nitrogens with zero attached hydrogens (tertiary/aromatic N) is 1. The van der Waals surface area contributed by atoms with E-state index in [0.29, 0.717) is 16.0 Å². The van der Waals surface area contributed by atoms with Gasteiger partial charge in [-0.2, -0.15) is 0 Å². The van der Waals surface area contributed by atoms with Crippen molar-refractivity contribution in [2.24, 2.45) is 0 Å². The number of thioether (sulfide) groups is 1. The predicted octanol–water partition coefficient (Wildman–Crippen LogP) is 3.71. The summed E-state index contributed by atoms with van der Waals surface area (Å²) in [5.74, 6) is 0.170. The number of benzene rings is 1. The zero-order chi connectivity index (χ0) is 17.7. The Morgan fingerprint density at radius 2 is 1.88 bits per heavy atom. The maximum atomic E-state index is 12.0. The minimum atomic E-state index is -0.528. The monoisotopic (exact) mass is 367 g/mol. The minimum absolute atomic E-state index is 0.0468. The second-order valence-corrected chi connectivity index (χ2v) is 7.10. The van der Waals surface area contributed by atoms with Gasteiger partial charge in [-0.05, 0) is 45.0 Å². The minimum Gasteiger partial charge on any atom is -0.431 e. The van der Waals surface area contributed by atoms with Gasteiger partial charge in [-0.1, -0.05) is 23.4 Å². The van der Waals surface area contributed by atoms with E-state index in [4.69, 9.17) is 16.0 Å². The number of amides is 3. The summed E-state index contributed by atoms with van der Waals surface area (Å²) in [6, 6.07) is 6.60. The number of urea groups is 1. The maximum Gasteiger partial charge on any atom is 0.321 e. The molecule has 24 heavy (non-hydrogen) atoms. The molecule has 0 saturated heterocycles. The lowest BCUT2D eigenvalue weighted by atomic mass is 10.2. The summed E-state index contributed by atoms with van der Waals surface area (Å²) in [4.78, 5) is 27.7. The Hall–Kier alpha value is -1.99. The van der Waals surface area contributed by atoms with Crippen LogP contribution in [-0.2, 0) is 4.79 Å². The van der Waals surface area contributed by atoms with Crippen LogP contribution >= 0.6 is 23.4 Å². The fraction of sp³-hybridized carbons (Fsp3) is 0.312. The summed E-state index contributed by atoms with van der Waals surface area (Å²) < 4.78 is 5.63. The van der Waals surface area contributed by atoms with Crippen LogP contribution < -0.4 is 10.6 Å². The molecule has 0 spiro atoms. The number of carbonyl (C=O) groups excluding carboxylic acids is 2. The molecule has 3 amide bonds. The highest BCUT2D eigenvalue weighted by molar-refractivity contribution is 8.00. The van der Waals surface area contributed by atoms with Gasteiger partial charge in [0.05, 0.1) is 11.4 Å². The zero-order valence-electron chi connectivity index (χ0n) is 13.5. The third kappa shape index (κ3) is 5.28. The van der Waals surface area contributed by atoms with Crippen LogP contribution in [0.25, 0.3) is 11.3 Å². The fourth-order valence-electron chi connectivity index (χ4n) is 1.78. The van der Waals surface area contributed by atoms with Crippen LogP contribution in [0.15, 0.2) is 40.1 Å². The van der Waals surface area contributed by atoms with Crippen molar-refractivity contribution in [2.75, 3.05) is 0 Å². The fourth-order valence-corrected chi connectivity index (χ4v) is 2.62. The van der Waals surface area contributed by atoms with Crippen molar-refractivity contribution in [1.82, 2.24) is 15.6 Å². The van der Waals surface area contributed by atoms with Crippen LogP contribution in [0.2, 0.25) is 5.02 Å². The van der Waals surface area contributed by atoms with Gasteiger partial charge < -0.3 is 9.73 Å². The van der Waals surface area contributed by atoms with Gasteiger partial charge in [-0.3, -0.25) is 10.1 Å². The van der Waals surface area contributed by atoms with Gasteiger partial charge in [0.25, 0.3) is 5.22 Å². The number of carbonyl (C=O) groups is 2. The highest BCUT2D eigenvalue weighted by Gasteiger charge is 2.20. The van der Waals surface area contributed by atoms with Crippen LogP contribution in [0, 0.1) is 0 Å². The van der Waals surface area contributed by atoms with Crippen molar-refractivity contribution in [3.63, 3.8) is 0 Å². The maximum absolute atomic E-state index is 12.0. The summed E-state index contributed by atoms with van der Waals surface area (Å²) in [6.07, 6.45) is 1.58. The molecule has 8 heteroatoms. The number of hydrogen-bond donors (Lipinski definition) is 2. The quantitative estimate of drug-likeness (QED) is 0.787. The molecule has 0 aliphatic heterocycles. The molecule has 1 unspecified atom stereocenters. The van der Waals surface area contributed by atoms with Crippen molar-refractivity contribution < 1.29 is 14.0 Å². The van der Waals surface area contributed by atoms with E-state index < -0.39 is 17.2 Å². The summed E-state index contributed by atoms with van der Waals surface area (Å²) in [7, 11) is 0. The number of hydrogen-bond acceptors (Lipinski definition) is 5. The van der Waals surface area contributed by atoms with E-state index in [1.807, 2.05) is 26.0 Å². The number of rotatable bonds is 5. The Labute approximate surface area is 149 Å². The first-order valence-electron chi connectivity index (χ1n) is 7.35. The van der Waals surface area contributed by atoms with Crippen LogP contribution in [0.5, 0.6) is 0 Å². The molecule has 128 valence electrons. The Balaban J connectivity index is 1.95. The molecule has 1 aromatic carbocycles. The largest absolute Gasteiger partial charge is 0.431 e. The first-order valence-corrected chi connectivity index (χ1v) is 8.60. The van der Waals surface area contributed by atoms with Crippen LogP contribution in [-0.4, -0.2) is 28.2 Å². The van der Waals surface area contributed by atoms with E-state index in [1.54, 1.807) is 25.3 Å². The van der Waals surface area contributed by atoms with Crippen molar-refractivity contribution in [3.8, 4) is 11.3 Å². The van der Waals surface area contributed by atoms with E-state index >= 15 is 0 Å². The Morgan fingerprint density at radius 3 is 2.50 bits per heavy atom. The van der Waals surface area contributed by atoms with Crippen molar-refractivity contribution >= 4 is 35.3 Å². The molecular weight excluding hydrogens is 350 g/mol. The third-order valence-corrected chi connectivity index (χ3v) is 4.13. The molecule has 2 aromatic rings. The second-order valence-electron chi connectivity index (χ2n) is 5.37. The summed E-state index contributed by atoms with van der Waals surface area (Å²) in [6.45, 7) is 5.30. The van der Waals surface area contributed by atoms with Crippen LogP contribution in [0.1, 0.15) is 20.8 Å². The summed E-state index contributed by atoms with van der Waals surface area (Å²) >= 11 is 6.99. The lowest BCUT2D eigenvalue weighted by molar-refractivity contribution is -0.119. The van der Waals surface area contributed by atoms with Crippen LogP contribution in [0.4, 0.5) is 4.79 Å². The van der Waals surface area contributed by atoms with Gasteiger partial charge in [0.1, 0.15) is 0 Å². The SMILES string of the molecule is CC(C)NC(=O)NC(=O)C(C)Sc1ncc(-c2ccc(Cl)cc2)o1. The number of oxazole rings is 1. The molecule has 0 radical (unpaired) electrons. The molecule has 2 rings (SSSR count). The lowest BCUT2D eigenvalue weighted by Crippen LogP contribution is -2.45. The summed E-state index contributed by atoms with van der Waals surface area (Å²) in [5, 5.41) is 5.34. The normalized spacial score (nSPS) is 12.0. The standard InChI is InChI=1S/C16H18ClN3O3S/c1-9(2)19-15(22)20-14(21)10(3)24-16-18-8-13(23-16)11-4-6-12(17)7-5-11/h4-10H,1-3H3,(H2,19,20,21,22). The summed E-state index contributed by atoms with van der Waals surface area (Å²) in [5.41, 5.74) is 0.840. The molecule has 6 nitrogen and oxygen atoms in total. The van der Waals surface area contributed by atoms with Crippen molar-refractivity contribution in [2.45, 2.75) is 37.3 Å². The van der Waals surface area contributed by atoms with E-state index in [0.717, 1.165) is 17.3 Å². The smallest absolute Gasteiger partial charge is 0.321 e. The van der Waals surface area contributed by atoms with Gasteiger partial charge in [-0.25, -0.2) is 9.78 Å². The topological polar surface area (TPSA) is 84.2 Å². The average molecular weight is 368 g/mol. The van der Waals surface area contributed by atoms with Crippen molar-refractivity contribution in [3.05, 3.63) is 35.5 Å². The highest BCUT2D eigenvalue weighted by atomic mass is 35.5. The molecular formula is C16H18ClN3O3S. The van der Waals surface area contributed by atoms with E-state index in [-0.39, 0.29) is 6.04 Å². The number of halogens is 1. The molecule has 0 aliphatic rings. The van der Waals surface area contributed by atoms with Gasteiger partial charge in [0.2, 0.25) is 5.91 Å². The molecule has 0 fully saturated rings. The van der Waals surface area contributed by atoms with Gasteiger partial charge in [0, 0.05) is 16.6 Å². The zero-order valence-corrected chi connectivity index (χ0v) is 15.1. The Morgan fingerprint density at radius 1 is 1.21 bits per heavy atom. The van der Waals surface area contributed by atoms with Crippen molar-refractivity contribution in [1.29, 1.82) is 0 Å².